The van der Waals surface area contributed by atoms with Gasteiger partial charge in [-0.2, -0.15) is 5.10 Å². The van der Waals surface area contributed by atoms with E-state index in [9.17, 15) is 14.7 Å². The van der Waals surface area contributed by atoms with Gasteiger partial charge in [-0.15, -0.1) is 0 Å². The number of nitrogens with one attached hydrogen (secondary N) is 2. The van der Waals surface area contributed by atoms with Crippen LogP contribution < -0.4 is 15.5 Å². The highest BCUT2D eigenvalue weighted by molar-refractivity contribution is 9.10. The Kier molecular flexibility index (Phi) is 8.37. The monoisotopic (exact) mass is 507 g/mol. The second-order valence-electron chi connectivity index (χ2n) is 6.77. The van der Waals surface area contributed by atoms with Gasteiger partial charge in [-0.25, -0.2) is 5.43 Å². The molecule has 33 heavy (non-hydrogen) atoms. The minimum Gasteiger partial charge on any atom is -0.503 e. The highest BCUT2D eigenvalue weighted by atomic mass is 79.9. The standard InChI is InChI=1S/C25H22BrN3O4/c1-2-33-22-15-18(13-20(26)23(22)30)16-27-29-25(32)21(14-17-9-5-3-6-10-17)28-24(31)19-11-7-4-8-12-19/h3-16,30H,2H2,1H3,(H,28,31)(H,29,32)/b21-14-,27-16+. The van der Waals surface area contributed by atoms with Crippen molar-refractivity contribution >= 4 is 40.0 Å². The molecule has 0 aliphatic carbocycles. The van der Waals surface area contributed by atoms with Crippen LogP contribution >= 0.6 is 15.9 Å². The summed E-state index contributed by atoms with van der Waals surface area (Å²) in [6, 6.07) is 21.0. The van der Waals surface area contributed by atoms with Gasteiger partial charge in [0.05, 0.1) is 17.3 Å². The molecule has 8 heteroatoms. The Bertz CT molecular complexity index is 1180. The summed E-state index contributed by atoms with van der Waals surface area (Å²) >= 11 is 3.26. The fourth-order valence-electron chi connectivity index (χ4n) is 2.82. The van der Waals surface area contributed by atoms with Gasteiger partial charge < -0.3 is 15.2 Å². The highest BCUT2D eigenvalue weighted by Crippen LogP contribution is 2.35. The molecular weight excluding hydrogens is 486 g/mol. The van der Waals surface area contributed by atoms with Gasteiger partial charge in [0.2, 0.25) is 0 Å². The van der Waals surface area contributed by atoms with Gasteiger partial charge >= 0.3 is 0 Å². The van der Waals surface area contributed by atoms with Crippen molar-refractivity contribution in [2.75, 3.05) is 6.61 Å². The zero-order valence-corrected chi connectivity index (χ0v) is 19.4. The summed E-state index contributed by atoms with van der Waals surface area (Å²) in [6.45, 7) is 2.19. The van der Waals surface area contributed by atoms with E-state index in [1.807, 2.05) is 30.3 Å². The number of phenols is 1. The number of phenolic OH excluding ortho intramolecular Hbond substituents is 1. The van der Waals surface area contributed by atoms with E-state index in [4.69, 9.17) is 4.74 Å². The number of ether oxygens (including phenoxy) is 1. The number of hydrogen-bond acceptors (Lipinski definition) is 5. The van der Waals surface area contributed by atoms with Crippen molar-refractivity contribution in [1.82, 2.24) is 10.7 Å². The first kappa shape index (κ1) is 23.7. The van der Waals surface area contributed by atoms with E-state index in [0.717, 1.165) is 5.56 Å². The van der Waals surface area contributed by atoms with Crippen LogP contribution in [0.5, 0.6) is 11.5 Å². The number of aromatic hydroxyl groups is 1. The van der Waals surface area contributed by atoms with Gasteiger partial charge in [0.1, 0.15) is 5.70 Å². The molecule has 3 aromatic carbocycles. The minimum atomic E-state index is -0.595. The number of carbonyl (C=O) groups is 2. The molecule has 0 fully saturated rings. The van der Waals surface area contributed by atoms with E-state index < -0.39 is 11.8 Å². The maximum atomic E-state index is 12.8. The number of carbonyl (C=O) groups excluding carboxylic acids is 2. The molecule has 0 bridgehead atoms. The van der Waals surface area contributed by atoms with Crippen LogP contribution in [0.15, 0.2) is 88.1 Å². The second kappa shape index (κ2) is 11.6. The van der Waals surface area contributed by atoms with Gasteiger partial charge in [0.15, 0.2) is 11.5 Å². The third-order valence-electron chi connectivity index (χ3n) is 4.37. The SMILES string of the molecule is CCOc1cc(/C=N/NC(=O)/C(=C/c2ccccc2)NC(=O)c2ccccc2)cc(Br)c1O. The lowest BCUT2D eigenvalue weighted by atomic mass is 10.1. The first-order chi connectivity index (χ1) is 16.0. The van der Waals surface area contributed by atoms with E-state index in [2.05, 4.69) is 31.8 Å². The molecule has 168 valence electrons. The molecule has 0 atom stereocenters. The molecule has 0 aromatic heterocycles. The molecule has 0 saturated carbocycles. The average molecular weight is 508 g/mol. The Morgan fingerprint density at radius 1 is 1.03 bits per heavy atom. The number of rotatable bonds is 8. The Morgan fingerprint density at radius 3 is 2.36 bits per heavy atom. The summed E-state index contributed by atoms with van der Waals surface area (Å²) in [4.78, 5) is 25.4. The molecule has 0 spiro atoms. The lowest BCUT2D eigenvalue weighted by Gasteiger charge is -2.10. The van der Waals surface area contributed by atoms with Gasteiger partial charge in [0, 0.05) is 5.56 Å². The van der Waals surface area contributed by atoms with Crippen molar-refractivity contribution in [3.63, 3.8) is 0 Å². The van der Waals surface area contributed by atoms with Crippen molar-refractivity contribution in [3.8, 4) is 11.5 Å². The molecular formula is C25H22BrN3O4. The molecule has 3 rings (SSSR count). The van der Waals surface area contributed by atoms with Gasteiger partial charge in [-0.1, -0.05) is 48.5 Å². The zero-order chi connectivity index (χ0) is 23.6. The number of nitrogens with zero attached hydrogens (tertiary/aromatic N) is 1. The third kappa shape index (κ3) is 6.78. The van der Waals surface area contributed by atoms with Crippen LogP contribution in [-0.4, -0.2) is 29.7 Å². The fraction of sp³-hybridized carbons (Fsp3) is 0.0800. The molecule has 0 heterocycles. The largest absolute Gasteiger partial charge is 0.503 e. The van der Waals surface area contributed by atoms with Crippen molar-refractivity contribution < 1.29 is 19.4 Å². The Hall–Kier alpha value is -3.91. The summed E-state index contributed by atoms with van der Waals surface area (Å²) in [7, 11) is 0. The molecule has 0 saturated heterocycles. The predicted octanol–water partition coefficient (Wildman–Crippen LogP) is 4.47. The Balaban J connectivity index is 1.79. The van der Waals surface area contributed by atoms with E-state index in [1.54, 1.807) is 55.5 Å². The molecule has 0 aliphatic heterocycles. The molecule has 2 amide bonds. The normalized spacial score (nSPS) is 11.3. The quantitative estimate of drug-likeness (QED) is 0.238. The molecule has 0 radical (unpaired) electrons. The lowest BCUT2D eigenvalue weighted by Crippen LogP contribution is -2.32. The predicted molar refractivity (Wildman–Crippen MR) is 131 cm³/mol. The molecule has 0 aliphatic rings. The second-order valence-corrected chi connectivity index (χ2v) is 7.62. The van der Waals surface area contributed by atoms with Crippen LogP contribution in [0, 0.1) is 0 Å². The summed E-state index contributed by atoms with van der Waals surface area (Å²) in [5.41, 5.74) is 4.21. The Labute approximate surface area is 199 Å². The van der Waals surface area contributed by atoms with Crippen molar-refractivity contribution in [3.05, 3.63) is 99.7 Å². The Morgan fingerprint density at radius 2 is 1.70 bits per heavy atom. The first-order valence-corrected chi connectivity index (χ1v) is 10.9. The minimum absolute atomic E-state index is 0.0188. The number of halogens is 1. The maximum absolute atomic E-state index is 12.8. The summed E-state index contributed by atoms with van der Waals surface area (Å²) < 4.78 is 5.82. The summed E-state index contributed by atoms with van der Waals surface area (Å²) in [5, 5.41) is 16.7. The van der Waals surface area contributed by atoms with Gasteiger partial charge in [-0.05, 0) is 64.3 Å². The molecule has 0 unspecified atom stereocenters. The van der Waals surface area contributed by atoms with Crippen molar-refractivity contribution in [2.24, 2.45) is 5.10 Å². The first-order valence-electron chi connectivity index (χ1n) is 10.1. The van der Waals surface area contributed by atoms with Crippen LogP contribution in [0.25, 0.3) is 6.08 Å². The van der Waals surface area contributed by atoms with Gasteiger partial charge in [-0.3, -0.25) is 9.59 Å². The van der Waals surface area contributed by atoms with Crippen LogP contribution in [0.3, 0.4) is 0 Å². The lowest BCUT2D eigenvalue weighted by molar-refractivity contribution is -0.117. The number of hydrazone groups is 1. The van der Waals surface area contributed by atoms with Crippen LogP contribution in [0.2, 0.25) is 0 Å². The zero-order valence-electron chi connectivity index (χ0n) is 17.8. The molecule has 3 aromatic rings. The number of amides is 2. The third-order valence-corrected chi connectivity index (χ3v) is 4.97. The maximum Gasteiger partial charge on any atom is 0.287 e. The number of hydrogen-bond donors (Lipinski definition) is 3. The highest BCUT2D eigenvalue weighted by Gasteiger charge is 2.14. The van der Waals surface area contributed by atoms with Crippen molar-refractivity contribution in [1.29, 1.82) is 0 Å². The van der Waals surface area contributed by atoms with Crippen LogP contribution in [0.1, 0.15) is 28.4 Å². The van der Waals surface area contributed by atoms with Crippen LogP contribution in [0.4, 0.5) is 0 Å². The van der Waals surface area contributed by atoms with Crippen LogP contribution in [-0.2, 0) is 4.79 Å². The van der Waals surface area contributed by atoms with E-state index in [0.29, 0.717) is 28.0 Å². The molecule has 3 N–H and O–H groups in total. The number of benzene rings is 3. The average Bonchev–Trinajstić information content (AvgIpc) is 2.83. The van der Waals surface area contributed by atoms with E-state index in [-0.39, 0.29) is 11.4 Å². The topological polar surface area (TPSA) is 100 Å². The fourth-order valence-corrected chi connectivity index (χ4v) is 3.28. The van der Waals surface area contributed by atoms with Crippen molar-refractivity contribution in [2.45, 2.75) is 6.92 Å². The van der Waals surface area contributed by atoms with E-state index in [1.165, 1.54) is 6.21 Å². The summed E-state index contributed by atoms with van der Waals surface area (Å²) in [5.74, 6) is -0.739. The summed E-state index contributed by atoms with van der Waals surface area (Å²) in [6.07, 6.45) is 2.97. The van der Waals surface area contributed by atoms with Gasteiger partial charge in [0.25, 0.3) is 11.8 Å². The smallest absolute Gasteiger partial charge is 0.287 e. The molecule has 7 nitrogen and oxygen atoms in total. The van der Waals surface area contributed by atoms with E-state index >= 15 is 0 Å².